The number of allylic oxidation sites excluding steroid dienone is 2. The Labute approximate surface area is 101 Å². The van der Waals surface area contributed by atoms with E-state index in [1.54, 1.807) is 6.92 Å². The van der Waals surface area contributed by atoms with E-state index in [1.165, 1.54) is 0 Å². The first-order valence-electron chi connectivity index (χ1n) is 5.43. The Morgan fingerprint density at radius 2 is 2.00 bits per heavy atom. The van der Waals surface area contributed by atoms with E-state index in [0.29, 0.717) is 11.8 Å². The average molecular weight is 237 g/mol. The minimum Gasteiger partial charge on any atom is -0.511 e. The van der Waals surface area contributed by atoms with Crippen molar-refractivity contribution in [2.75, 3.05) is 7.05 Å². The lowest BCUT2D eigenvalue weighted by molar-refractivity contribution is 0.264. The highest BCUT2D eigenvalue weighted by molar-refractivity contribution is 5.59. The predicted molar refractivity (Wildman–Crippen MR) is 66.3 cm³/mol. The number of hydrogen-bond acceptors (Lipinski definition) is 5. The van der Waals surface area contributed by atoms with Gasteiger partial charge in [0.05, 0.1) is 6.04 Å². The van der Waals surface area contributed by atoms with Crippen molar-refractivity contribution in [1.82, 2.24) is 15.1 Å². The normalized spacial score (nSPS) is 14.2. The molecule has 5 nitrogen and oxygen atoms in total. The summed E-state index contributed by atoms with van der Waals surface area (Å²) in [4.78, 5) is 1.91. The number of aromatic nitrogens is 2. The molecule has 0 saturated heterocycles. The molecule has 0 saturated carbocycles. The van der Waals surface area contributed by atoms with Gasteiger partial charge in [0.25, 0.3) is 0 Å². The molecule has 1 aromatic rings. The fourth-order valence-corrected chi connectivity index (χ4v) is 1.38. The van der Waals surface area contributed by atoms with Gasteiger partial charge in [0, 0.05) is 25.2 Å². The lowest BCUT2D eigenvalue weighted by atomic mass is 10.2. The van der Waals surface area contributed by atoms with Crippen LogP contribution in [0.2, 0.25) is 0 Å². The molecule has 0 bridgehead atoms. The predicted octanol–water partition coefficient (Wildman–Crippen LogP) is 2.52. The summed E-state index contributed by atoms with van der Waals surface area (Å²) in [5, 5.41) is 17.1. The summed E-state index contributed by atoms with van der Waals surface area (Å²) in [5.74, 6) is 1.17. The highest BCUT2D eigenvalue weighted by Crippen LogP contribution is 2.21. The highest BCUT2D eigenvalue weighted by Gasteiger charge is 2.16. The third-order valence-corrected chi connectivity index (χ3v) is 2.98. The molecule has 0 fully saturated rings. The summed E-state index contributed by atoms with van der Waals surface area (Å²) in [6, 6.07) is -0.158. The van der Waals surface area contributed by atoms with Crippen LogP contribution in [0.5, 0.6) is 0 Å². The number of hydrogen-bond donors (Lipinski definition) is 1. The number of likely N-dealkylation sites (N-methyl/N-ethyl adjacent to an activating group) is 1. The molecule has 0 amide bonds. The first-order valence-corrected chi connectivity index (χ1v) is 5.43. The topological polar surface area (TPSA) is 62.4 Å². The van der Waals surface area contributed by atoms with Crippen molar-refractivity contribution in [2.45, 2.75) is 33.7 Å². The molecule has 1 aromatic heterocycles. The second-order valence-electron chi connectivity index (χ2n) is 4.11. The van der Waals surface area contributed by atoms with E-state index in [-0.39, 0.29) is 11.8 Å². The SMILES string of the molecule is C=C(O)C(C)N(C)/C(C)=C(\C)c1nnc(C)o1. The van der Waals surface area contributed by atoms with Gasteiger partial charge >= 0.3 is 0 Å². The van der Waals surface area contributed by atoms with Gasteiger partial charge in [-0.15, -0.1) is 10.2 Å². The van der Waals surface area contributed by atoms with Gasteiger partial charge in [-0.05, 0) is 20.8 Å². The second-order valence-corrected chi connectivity index (χ2v) is 4.11. The van der Waals surface area contributed by atoms with Crippen molar-refractivity contribution < 1.29 is 9.52 Å². The van der Waals surface area contributed by atoms with Crippen molar-refractivity contribution in [3.8, 4) is 0 Å². The van der Waals surface area contributed by atoms with Crippen LogP contribution >= 0.6 is 0 Å². The van der Waals surface area contributed by atoms with E-state index in [9.17, 15) is 5.11 Å². The minimum absolute atomic E-state index is 0.126. The van der Waals surface area contributed by atoms with E-state index in [2.05, 4.69) is 16.8 Å². The van der Waals surface area contributed by atoms with Crippen LogP contribution in [0.1, 0.15) is 32.6 Å². The quantitative estimate of drug-likeness (QED) is 0.815. The summed E-state index contributed by atoms with van der Waals surface area (Å²) in [6.07, 6.45) is 0. The van der Waals surface area contributed by atoms with Crippen molar-refractivity contribution >= 4 is 5.57 Å². The van der Waals surface area contributed by atoms with Gasteiger partial charge in [-0.1, -0.05) is 6.58 Å². The summed E-state index contributed by atoms with van der Waals surface area (Å²) in [7, 11) is 1.88. The van der Waals surface area contributed by atoms with Gasteiger partial charge in [-0.2, -0.15) is 0 Å². The lowest BCUT2D eigenvalue weighted by Crippen LogP contribution is -2.29. The average Bonchev–Trinajstić information content (AvgIpc) is 2.71. The van der Waals surface area contributed by atoms with E-state index < -0.39 is 0 Å². The third-order valence-electron chi connectivity index (χ3n) is 2.98. The molecule has 1 unspecified atom stereocenters. The van der Waals surface area contributed by atoms with Gasteiger partial charge in [0.2, 0.25) is 11.8 Å². The van der Waals surface area contributed by atoms with Gasteiger partial charge in [0.15, 0.2) is 0 Å². The summed E-state index contributed by atoms with van der Waals surface area (Å²) in [6.45, 7) is 11.0. The summed E-state index contributed by atoms with van der Waals surface area (Å²) >= 11 is 0. The van der Waals surface area contributed by atoms with E-state index in [1.807, 2.05) is 32.7 Å². The molecule has 1 N–H and O–H groups in total. The molecule has 17 heavy (non-hydrogen) atoms. The van der Waals surface area contributed by atoms with Gasteiger partial charge < -0.3 is 14.4 Å². The molecule has 0 radical (unpaired) electrons. The maximum absolute atomic E-state index is 9.39. The summed E-state index contributed by atoms with van der Waals surface area (Å²) < 4.78 is 5.37. The Morgan fingerprint density at radius 3 is 2.41 bits per heavy atom. The van der Waals surface area contributed by atoms with Crippen molar-refractivity contribution in [1.29, 1.82) is 0 Å². The number of rotatable bonds is 4. The molecule has 1 heterocycles. The molecule has 0 aliphatic rings. The number of aryl methyl sites for hydroxylation is 1. The second kappa shape index (κ2) is 5.03. The Balaban J connectivity index is 3.00. The Morgan fingerprint density at radius 1 is 1.41 bits per heavy atom. The Kier molecular flexibility index (Phi) is 3.93. The number of aliphatic hydroxyl groups is 1. The molecule has 5 heteroatoms. The zero-order chi connectivity index (χ0) is 13.2. The molecule has 0 spiro atoms. The fraction of sp³-hybridized carbons (Fsp3) is 0.500. The molecule has 94 valence electrons. The molecule has 0 aliphatic carbocycles. The maximum Gasteiger partial charge on any atom is 0.245 e. The van der Waals surface area contributed by atoms with Crippen LogP contribution in [0.4, 0.5) is 0 Å². The molecular formula is C12H19N3O2. The fourth-order valence-electron chi connectivity index (χ4n) is 1.38. The molecule has 0 aliphatic heterocycles. The molecule has 1 rings (SSSR count). The van der Waals surface area contributed by atoms with Crippen LogP contribution in [0.15, 0.2) is 22.5 Å². The van der Waals surface area contributed by atoms with Crippen molar-refractivity contribution in [2.24, 2.45) is 0 Å². The Hall–Kier alpha value is -1.78. The summed E-state index contributed by atoms with van der Waals surface area (Å²) in [5.41, 5.74) is 1.84. The molecule has 0 aromatic carbocycles. The third kappa shape index (κ3) is 2.87. The minimum atomic E-state index is -0.158. The van der Waals surface area contributed by atoms with Crippen LogP contribution < -0.4 is 0 Å². The first kappa shape index (κ1) is 13.3. The maximum atomic E-state index is 9.39. The van der Waals surface area contributed by atoms with Crippen molar-refractivity contribution in [3.05, 3.63) is 29.8 Å². The number of nitrogens with zero attached hydrogens (tertiary/aromatic N) is 3. The standard InChI is InChI=1S/C12H19N3O2/c1-7(12-14-13-11(5)17-12)8(2)15(6)9(3)10(4)16/h9,16H,4H2,1-3,5-6H3/b8-7+. The smallest absolute Gasteiger partial charge is 0.245 e. The van der Waals surface area contributed by atoms with Crippen molar-refractivity contribution in [3.63, 3.8) is 0 Å². The van der Waals surface area contributed by atoms with E-state index in [4.69, 9.17) is 4.42 Å². The van der Waals surface area contributed by atoms with Crippen LogP contribution in [0, 0.1) is 6.92 Å². The molecule has 1 atom stereocenters. The zero-order valence-corrected chi connectivity index (χ0v) is 11.0. The van der Waals surface area contributed by atoms with Crippen LogP contribution in [0.3, 0.4) is 0 Å². The van der Waals surface area contributed by atoms with Gasteiger partial charge in [0.1, 0.15) is 5.76 Å². The van der Waals surface area contributed by atoms with Crippen LogP contribution in [-0.4, -0.2) is 33.3 Å². The monoisotopic (exact) mass is 237 g/mol. The van der Waals surface area contributed by atoms with Crippen LogP contribution in [0.25, 0.3) is 5.57 Å². The first-order chi connectivity index (χ1) is 7.84. The zero-order valence-electron chi connectivity index (χ0n) is 11.0. The van der Waals surface area contributed by atoms with Gasteiger partial charge in [-0.25, -0.2) is 0 Å². The largest absolute Gasteiger partial charge is 0.511 e. The van der Waals surface area contributed by atoms with E-state index >= 15 is 0 Å². The number of aliphatic hydroxyl groups excluding tert-OH is 1. The molecular weight excluding hydrogens is 218 g/mol. The van der Waals surface area contributed by atoms with Crippen LogP contribution in [-0.2, 0) is 0 Å². The lowest BCUT2D eigenvalue weighted by Gasteiger charge is -2.27. The van der Waals surface area contributed by atoms with Gasteiger partial charge in [-0.3, -0.25) is 0 Å². The highest BCUT2D eigenvalue weighted by atomic mass is 16.4. The Bertz CT molecular complexity index is 448. The van der Waals surface area contributed by atoms with E-state index in [0.717, 1.165) is 11.3 Å².